The van der Waals surface area contributed by atoms with Gasteiger partial charge < -0.3 is 16.4 Å². The number of nitrogens with one attached hydrogen (secondary N) is 2. The molecule has 4 N–H and O–H groups in total. The van der Waals surface area contributed by atoms with Gasteiger partial charge in [0.2, 0.25) is 0 Å². The van der Waals surface area contributed by atoms with Crippen molar-refractivity contribution in [3.05, 3.63) is 34.9 Å². The Kier molecular flexibility index (Phi) is 2.87. The van der Waals surface area contributed by atoms with Gasteiger partial charge in [-0.2, -0.15) is 0 Å². The van der Waals surface area contributed by atoms with Gasteiger partial charge in [-0.3, -0.25) is 0 Å². The van der Waals surface area contributed by atoms with E-state index in [4.69, 9.17) is 5.73 Å². The van der Waals surface area contributed by atoms with E-state index in [1.54, 1.807) is 0 Å². The molecule has 0 aliphatic carbocycles. The summed E-state index contributed by atoms with van der Waals surface area (Å²) in [4.78, 5) is 10.6. The first-order valence-corrected chi connectivity index (χ1v) is 5.10. The number of benzene rings is 1. The molecular formula is C11H15N3O. The zero-order valence-electron chi connectivity index (χ0n) is 8.55. The van der Waals surface area contributed by atoms with Crippen molar-refractivity contribution >= 4 is 6.03 Å². The summed E-state index contributed by atoms with van der Waals surface area (Å²) in [5.41, 5.74) is 8.85. The van der Waals surface area contributed by atoms with E-state index in [-0.39, 0.29) is 0 Å². The van der Waals surface area contributed by atoms with Crippen LogP contribution in [-0.4, -0.2) is 12.6 Å². The van der Waals surface area contributed by atoms with Crippen LogP contribution < -0.4 is 16.4 Å². The molecule has 0 fully saturated rings. The largest absolute Gasteiger partial charge is 0.352 e. The first kappa shape index (κ1) is 9.98. The standard InChI is InChI=1S/C11H15N3O/c12-11(15)14-6-8-1-2-10-7-13-4-3-9(10)5-8/h1-2,5,13H,3-4,6-7H2,(H3,12,14,15). The zero-order chi connectivity index (χ0) is 10.7. The lowest BCUT2D eigenvalue weighted by Crippen LogP contribution is -2.29. The first-order valence-electron chi connectivity index (χ1n) is 5.10. The molecule has 0 saturated heterocycles. The van der Waals surface area contributed by atoms with Crippen molar-refractivity contribution in [1.29, 1.82) is 0 Å². The van der Waals surface area contributed by atoms with Gasteiger partial charge in [-0.05, 0) is 29.7 Å². The molecule has 0 radical (unpaired) electrons. The molecule has 1 aliphatic heterocycles. The lowest BCUT2D eigenvalue weighted by molar-refractivity contribution is 0.248. The normalized spacial score (nSPS) is 14.4. The maximum Gasteiger partial charge on any atom is 0.312 e. The Balaban J connectivity index is 2.10. The molecule has 2 rings (SSSR count). The lowest BCUT2D eigenvalue weighted by atomic mass is 9.98. The minimum Gasteiger partial charge on any atom is -0.352 e. The molecule has 0 bridgehead atoms. The number of amides is 2. The van der Waals surface area contributed by atoms with Crippen LogP contribution in [0.4, 0.5) is 4.79 Å². The molecule has 1 aliphatic rings. The second-order valence-corrected chi connectivity index (χ2v) is 3.75. The van der Waals surface area contributed by atoms with Crippen molar-refractivity contribution in [3.63, 3.8) is 0 Å². The average molecular weight is 205 g/mol. The fourth-order valence-corrected chi connectivity index (χ4v) is 1.83. The van der Waals surface area contributed by atoms with E-state index in [2.05, 4.69) is 22.8 Å². The maximum atomic E-state index is 10.6. The van der Waals surface area contributed by atoms with Crippen molar-refractivity contribution < 1.29 is 4.79 Å². The SMILES string of the molecule is NC(=O)NCc1ccc2c(c1)CCNC2. The van der Waals surface area contributed by atoms with Crippen LogP contribution in [0.25, 0.3) is 0 Å². The number of carbonyl (C=O) groups is 1. The first-order chi connectivity index (χ1) is 7.25. The molecule has 80 valence electrons. The second-order valence-electron chi connectivity index (χ2n) is 3.75. The van der Waals surface area contributed by atoms with Crippen LogP contribution in [0.2, 0.25) is 0 Å². The van der Waals surface area contributed by atoms with E-state index in [1.165, 1.54) is 11.1 Å². The third-order valence-electron chi connectivity index (χ3n) is 2.62. The van der Waals surface area contributed by atoms with Gasteiger partial charge in [-0.1, -0.05) is 18.2 Å². The molecule has 0 aromatic heterocycles. The highest BCUT2D eigenvalue weighted by Crippen LogP contribution is 2.15. The van der Waals surface area contributed by atoms with Crippen molar-refractivity contribution in [1.82, 2.24) is 10.6 Å². The van der Waals surface area contributed by atoms with E-state index in [1.807, 2.05) is 6.07 Å². The van der Waals surface area contributed by atoms with E-state index in [9.17, 15) is 4.79 Å². The van der Waals surface area contributed by atoms with Gasteiger partial charge in [-0.25, -0.2) is 4.79 Å². The summed E-state index contributed by atoms with van der Waals surface area (Å²) < 4.78 is 0. The monoisotopic (exact) mass is 205 g/mol. The Hall–Kier alpha value is -1.55. The van der Waals surface area contributed by atoms with Crippen molar-refractivity contribution in [2.45, 2.75) is 19.5 Å². The highest BCUT2D eigenvalue weighted by molar-refractivity contribution is 5.71. The molecule has 0 spiro atoms. The molecule has 0 unspecified atom stereocenters. The van der Waals surface area contributed by atoms with E-state index in [0.29, 0.717) is 6.54 Å². The lowest BCUT2D eigenvalue weighted by Gasteiger charge is -2.17. The Morgan fingerprint density at radius 3 is 3.13 bits per heavy atom. The smallest absolute Gasteiger partial charge is 0.312 e. The fraction of sp³-hybridized carbons (Fsp3) is 0.364. The minimum absolute atomic E-state index is 0.477. The summed E-state index contributed by atoms with van der Waals surface area (Å²) in [7, 11) is 0. The molecule has 4 heteroatoms. The number of nitrogens with two attached hydrogens (primary N) is 1. The van der Waals surface area contributed by atoms with Crippen LogP contribution in [0.1, 0.15) is 16.7 Å². The number of hydrogen-bond acceptors (Lipinski definition) is 2. The second kappa shape index (κ2) is 4.31. The quantitative estimate of drug-likeness (QED) is 0.658. The van der Waals surface area contributed by atoms with Crippen LogP contribution in [0, 0.1) is 0 Å². The Morgan fingerprint density at radius 2 is 2.33 bits per heavy atom. The topological polar surface area (TPSA) is 67.2 Å². The van der Waals surface area contributed by atoms with Crippen LogP contribution >= 0.6 is 0 Å². The van der Waals surface area contributed by atoms with Gasteiger partial charge in [0.15, 0.2) is 0 Å². The Labute approximate surface area is 88.9 Å². The molecule has 4 nitrogen and oxygen atoms in total. The summed E-state index contributed by atoms with van der Waals surface area (Å²) in [5.74, 6) is 0. The Bertz CT molecular complexity index is 376. The predicted molar refractivity (Wildman–Crippen MR) is 58.3 cm³/mol. The fourth-order valence-electron chi connectivity index (χ4n) is 1.83. The molecule has 1 aromatic carbocycles. The molecule has 2 amide bonds. The number of hydrogen-bond donors (Lipinski definition) is 3. The van der Waals surface area contributed by atoms with Gasteiger partial charge in [0.25, 0.3) is 0 Å². The molecule has 0 saturated carbocycles. The predicted octanol–water partition coefficient (Wildman–Crippen LogP) is 0.501. The van der Waals surface area contributed by atoms with Gasteiger partial charge in [0, 0.05) is 13.1 Å². The summed E-state index contributed by atoms with van der Waals surface area (Å²) in [5, 5.41) is 5.91. The summed E-state index contributed by atoms with van der Waals surface area (Å²) in [6, 6.07) is 5.81. The molecule has 0 atom stereocenters. The van der Waals surface area contributed by atoms with E-state index in [0.717, 1.165) is 25.1 Å². The molecule has 1 heterocycles. The van der Waals surface area contributed by atoms with Gasteiger partial charge >= 0.3 is 6.03 Å². The van der Waals surface area contributed by atoms with Crippen LogP contribution in [-0.2, 0) is 19.5 Å². The van der Waals surface area contributed by atoms with Crippen molar-refractivity contribution in [2.75, 3.05) is 6.54 Å². The van der Waals surface area contributed by atoms with Gasteiger partial charge in [0.05, 0.1) is 0 Å². The third kappa shape index (κ3) is 2.47. The van der Waals surface area contributed by atoms with Gasteiger partial charge in [0.1, 0.15) is 0 Å². The maximum absolute atomic E-state index is 10.6. The summed E-state index contributed by atoms with van der Waals surface area (Å²) >= 11 is 0. The number of rotatable bonds is 2. The third-order valence-corrected chi connectivity index (χ3v) is 2.62. The average Bonchev–Trinajstić information content (AvgIpc) is 2.26. The number of primary amides is 1. The van der Waals surface area contributed by atoms with Crippen LogP contribution in [0.15, 0.2) is 18.2 Å². The van der Waals surface area contributed by atoms with Crippen LogP contribution in [0.3, 0.4) is 0 Å². The highest BCUT2D eigenvalue weighted by atomic mass is 16.2. The highest BCUT2D eigenvalue weighted by Gasteiger charge is 2.08. The Morgan fingerprint density at radius 1 is 1.47 bits per heavy atom. The number of carbonyl (C=O) groups excluding carboxylic acids is 1. The molecule has 15 heavy (non-hydrogen) atoms. The van der Waals surface area contributed by atoms with Crippen LogP contribution in [0.5, 0.6) is 0 Å². The van der Waals surface area contributed by atoms with Gasteiger partial charge in [-0.15, -0.1) is 0 Å². The number of fused-ring (bicyclic) bond motifs is 1. The zero-order valence-corrected chi connectivity index (χ0v) is 8.55. The van der Waals surface area contributed by atoms with E-state index < -0.39 is 6.03 Å². The van der Waals surface area contributed by atoms with E-state index >= 15 is 0 Å². The molecule has 1 aromatic rings. The summed E-state index contributed by atoms with van der Waals surface area (Å²) in [6.45, 7) is 2.48. The summed E-state index contributed by atoms with van der Waals surface area (Å²) in [6.07, 6.45) is 1.06. The minimum atomic E-state index is -0.477. The van der Waals surface area contributed by atoms with Crippen molar-refractivity contribution in [3.8, 4) is 0 Å². The number of urea groups is 1. The molecular weight excluding hydrogens is 190 g/mol. The van der Waals surface area contributed by atoms with Crippen molar-refractivity contribution in [2.24, 2.45) is 5.73 Å².